The summed E-state index contributed by atoms with van der Waals surface area (Å²) in [7, 11) is 0. The highest BCUT2D eigenvalue weighted by Crippen LogP contribution is 1.94. The van der Waals surface area contributed by atoms with Crippen molar-refractivity contribution in [2.24, 2.45) is 0 Å². The first-order valence-electron chi connectivity index (χ1n) is 5.52. The van der Waals surface area contributed by atoms with Crippen LogP contribution in [0.5, 0.6) is 0 Å². The van der Waals surface area contributed by atoms with Crippen LogP contribution in [0.15, 0.2) is 0 Å². The average Bonchev–Trinajstić information content (AvgIpc) is 2.22. The standard InChI is InChI=1S/C10H16N2O8.H3N.H2O/c13-7(14)3-11(4-8(15)16)1-2-12(5-9(17)18)6-10(19)20;;/h1-6H2,(H,13,14)(H,15,16)(H,17,18)(H,19,20);1H3;1H2. The van der Waals surface area contributed by atoms with Crippen molar-refractivity contribution in [3.05, 3.63) is 0 Å². The first-order chi connectivity index (χ1) is 9.20. The third-order valence-corrected chi connectivity index (χ3v) is 2.17. The largest absolute Gasteiger partial charge is 0.870 e. The van der Waals surface area contributed by atoms with Gasteiger partial charge < -0.3 is 32.1 Å². The van der Waals surface area contributed by atoms with E-state index in [2.05, 4.69) is 0 Å². The zero-order valence-corrected chi connectivity index (χ0v) is 12.0. The molecule has 0 rings (SSSR count). The Morgan fingerprint density at radius 3 is 0.909 bits per heavy atom. The van der Waals surface area contributed by atoms with Crippen LogP contribution < -0.4 is 6.15 Å². The molecule has 0 atom stereocenters. The molecule has 0 aromatic carbocycles. The molecule has 0 spiro atoms. The van der Waals surface area contributed by atoms with E-state index in [4.69, 9.17) is 20.4 Å². The van der Waals surface area contributed by atoms with Crippen LogP contribution in [0.3, 0.4) is 0 Å². The lowest BCUT2D eigenvalue weighted by Crippen LogP contribution is -2.43. The summed E-state index contributed by atoms with van der Waals surface area (Å²) in [5.41, 5.74) is 0. The van der Waals surface area contributed by atoms with Gasteiger partial charge in [-0.25, -0.2) is 0 Å². The molecule has 130 valence electrons. The summed E-state index contributed by atoms with van der Waals surface area (Å²) in [6.07, 6.45) is 0. The van der Waals surface area contributed by atoms with Gasteiger partial charge in [0.05, 0.1) is 26.2 Å². The molecule has 0 radical (unpaired) electrons. The normalized spacial score (nSPS) is 9.73. The predicted octanol–water partition coefficient (Wildman–Crippen LogP) is -1.87. The Kier molecular flexibility index (Phi) is 14.0. The number of carbonyl (C=O) groups is 4. The maximum atomic E-state index is 10.6. The molecule has 12 heteroatoms. The molecular weight excluding hydrogens is 306 g/mol. The minimum absolute atomic E-state index is 0. The van der Waals surface area contributed by atoms with Gasteiger partial charge in [-0.15, -0.1) is 0 Å². The van der Waals surface area contributed by atoms with Gasteiger partial charge in [-0.3, -0.25) is 29.0 Å². The van der Waals surface area contributed by atoms with E-state index in [9.17, 15) is 19.2 Å². The Bertz CT molecular complexity index is 320. The first-order valence-corrected chi connectivity index (χ1v) is 5.52. The van der Waals surface area contributed by atoms with Crippen LogP contribution in [0, 0.1) is 0 Å². The molecule has 0 aliphatic carbocycles. The summed E-state index contributed by atoms with van der Waals surface area (Å²) in [5, 5.41) is 34.5. The van der Waals surface area contributed by atoms with Crippen LogP contribution in [0.4, 0.5) is 0 Å². The highest BCUT2D eigenvalue weighted by atomic mass is 16.4. The van der Waals surface area contributed by atoms with Crippen molar-refractivity contribution >= 4 is 23.9 Å². The quantitative estimate of drug-likeness (QED) is 0.282. The fraction of sp³-hybridized carbons (Fsp3) is 0.600. The van der Waals surface area contributed by atoms with E-state index >= 15 is 0 Å². The van der Waals surface area contributed by atoms with Gasteiger partial charge >= 0.3 is 23.9 Å². The van der Waals surface area contributed by atoms with E-state index in [0.29, 0.717) is 0 Å². The lowest BCUT2D eigenvalue weighted by atomic mass is 10.4. The summed E-state index contributed by atoms with van der Waals surface area (Å²) in [5.74, 6) is -4.91. The van der Waals surface area contributed by atoms with Gasteiger partial charge in [0, 0.05) is 13.1 Å². The zero-order valence-electron chi connectivity index (χ0n) is 12.0. The summed E-state index contributed by atoms with van der Waals surface area (Å²) in [6, 6.07) is 0. The second-order valence-electron chi connectivity index (χ2n) is 4.00. The van der Waals surface area contributed by atoms with Crippen molar-refractivity contribution in [2.45, 2.75) is 0 Å². The number of hydrogen-bond acceptors (Lipinski definition) is 7. The van der Waals surface area contributed by atoms with Gasteiger partial charge in [0.1, 0.15) is 0 Å². The first kappa shape index (κ1) is 24.7. The summed E-state index contributed by atoms with van der Waals surface area (Å²) < 4.78 is 0. The van der Waals surface area contributed by atoms with Gasteiger partial charge in [0.25, 0.3) is 0 Å². The molecule has 9 N–H and O–H groups in total. The minimum atomic E-state index is -1.23. The van der Waals surface area contributed by atoms with E-state index in [-0.39, 0.29) is 24.7 Å². The highest BCUT2D eigenvalue weighted by Gasteiger charge is 2.17. The number of nitrogens with zero attached hydrogens (tertiary/aromatic N) is 2. The van der Waals surface area contributed by atoms with Crippen molar-refractivity contribution in [1.82, 2.24) is 16.0 Å². The maximum Gasteiger partial charge on any atom is 0.317 e. The number of carboxylic acid groups (broad SMARTS) is 4. The summed E-state index contributed by atoms with van der Waals surface area (Å²) in [6.45, 7) is -2.25. The van der Waals surface area contributed by atoms with E-state index in [1.165, 1.54) is 0 Å². The van der Waals surface area contributed by atoms with Crippen molar-refractivity contribution in [1.29, 1.82) is 0 Å². The fourth-order valence-corrected chi connectivity index (χ4v) is 1.48. The number of hydrogen-bond donors (Lipinski definition) is 5. The lowest BCUT2D eigenvalue weighted by molar-refractivity contribution is -0.145. The van der Waals surface area contributed by atoms with E-state index in [0.717, 1.165) is 9.80 Å². The summed E-state index contributed by atoms with van der Waals surface area (Å²) in [4.78, 5) is 44.4. The molecule has 0 heterocycles. The van der Waals surface area contributed by atoms with Gasteiger partial charge in [-0.05, 0) is 0 Å². The SMILES string of the molecule is O=C(O)CN(CCN(CC(=O)O)CC(=O)O)CC(=O)O.[NH4+].[OH-]. The Balaban J connectivity index is -0.00000180. The van der Waals surface area contributed by atoms with Gasteiger partial charge in [0.15, 0.2) is 0 Å². The molecule has 0 saturated carbocycles. The van der Waals surface area contributed by atoms with Crippen LogP contribution in [0.1, 0.15) is 0 Å². The molecule has 0 aliphatic heterocycles. The minimum Gasteiger partial charge on any atom is -0.870 e. The molecule has 22 heavy (non-hydrogen) atoms. The van der Waals surface area contributed by atoms with Crippen molar-refractivity contribution in [2.75, 3.05) is 39.3 Å². The predicted molar refractivity (Wildman–Crippen MR) is 71.3 cm³/mol. The Morgan fingerprint density at radius 2 is 0.773 bits per heavy atom. The third kappa shape index (κ3) is 14.1. The fourth-order valence-electron chi connectivity index (χ4n) is 1.48. The van der Waals surface area contributed by atoms with Crippen LogP contribution >= 0.6 is 0 Å². The van der Waals surface area contributed by atoms with Gasteiger partial charge in [-0.1, -0.05) is 0 Å². The molecule has 0 unspecified atom stereocenters. The van der Waals surface area contributed by atoms with Crippen LogP contribution in [-0.2, 0) is 19.2 Å². The summed E-state index contributed by atoms with van der Waals surface area (Å²) >= 11 is 0. The van der Waals surface area contributed by atoms with Gasteiger partial charge in [-0.2, -0.15) is 0 Å². The monoisotopic (exact) mass is 327 g/mol. The van der Waals surface area contributed by atoms with Crippen LogP contribution in [0.25, 0.3) is 0 Å². The highest BCUT2D eigenvalue weighted by molar-refractivity contribution is 5.73. The van der Waals surface area contributed by atoms with E-state index in [1.54, 1.807) is 0 Å². The second-order valence-corrected chi connectivity index (χ2v) is 4.00. The van der Waals surface area contributed by atoms with Crippen LogP contribution in [0.2, 0.25) is 0 Å². The van der Waals surface area contributed by atoms with Crippen LogP contribution in [-0.4, -0.2) is 98.8 Å². The molecule has 0 bridgehead atoms. The molecule has 12 nitrogen and oxygen atoms in total. The average molecular weight is 327 g/mol. The topological polar surface area (TPSA) is 222 Å². The lowest BCUT2D eigenvalue weighted by Gasteiger charge is -2.23. The second kappa shape index (κ2) is 12.5. The molecule has 0 amide bonds. The zero-order chi connectivity index (χ0) is 15.7. The Morgan fingerprint density at radius 1 is 0.591 bits per heavy atom. The molecule has 0 aromatic rings. The van der Waals surface area contributed by atoms with Gasteiger partial charge in [0.2, 0.25) is 0 Å². The number of carboxylic acids is 4. The van der Waals surface area contributed by atoms with Crippen molar-refractivity contribution in [3.63, 3.8) is 0 Å². The molecular formula is C10H21N3O9. The third-order valence-electron chi connectivity index (χ3n) is 2.17. The molecule has 0 aliphatic rings. The maximum absolute atomic E-state index is 10.6. The Labute approximate surface area is 125 Å². The molecule has 0 saturated heterocycles. The van der Waals surface area contributed by atoms with Crippen molar-refractivity contribution in [3.8, 4) is 0 Å². The van der Waals surface area contributed by atoms with Crippen molar-refractivity contribution < 1.29 is 45.1 Å². The number of aliphatic carboxylic acids is 4. The Hall–Kier alpha value is -2.28. The van der Waals surface area contributed by atoms with E-state index < -0.39 is 50.1 Å². The molecule has 0 aromatic heterocycles. The molecule has 0 fully saturated rings. The van der Waals surface area contributed by atoms with E-state index in [1.807, 2.05) is 0 Å². The smallest absolute Gasteiger partial charge is 0.317 e. The number of rotatable bonds is 11. The number of quaternary nitrogens is 1.